The van der Waals surface area contributed by atoms with Crippen LogP contribution in [0.25, 0.3) is 17.1 Å². The van der Waals surface area contributed by atoms with Crippen LogP contribution in [0.4, 0.5) is 5.69 Å². The number of nitro benzene ring substituents is 1. The lowest BCUT2D eigenvalue weighted by Gasteiger charge is -2.07. The highest BCUT2D eigenvalue weighted by molar-refractivity contribution is 5.93. The van der Waals surface area contributed by atoms with Crippen LogP contribution >= 0.6 is 0 Å². The quantitative estimate of drug-likeness (QED) is 0.270. The number of para-hydroxylation sites is 1. The first kappa shape index (κ1) is 17.9. The molecule has 0 amide bonds. The maximum Gasteiger partial charge on any atom is 0.340 e. The van der Waals surface area contributed by atoms with E-state index in [-0.39, 0.29) is 29.6 Å². The average Bonchev–Trinajstić information content (AvgIpc) is 3.44. The normalized spacial score (nSPS) is 10.6. The molecule has 0 spiro atoms. The summed E-state index contributed by atoms with van der Waals surface area (Å²) in [6, 6.07) is 12.3. The van der Waals surface area contributed by atoms with Gasteiger partial charge in [-0.1, -0.05) is 12.1 Å². The first-order valence-corrected chi connectivity index (χ1v) is 8.18. The van der Waals surface area contributed by atoms with Gasteiger partial charge >= 0.3 is 5.97 Å². The van der Waals surface area contributed by atoms with Crippen molar-refractivity contribution in [3.8, 4) is 17.1 Å². The van der Waals surface area contributed by atoms with E-state index < -0.39 is 10.9 Å². The van der Waals surface area contributed by atoms with Crippen molar-refractivity contribution in [2.45, 2.75) is 6.61 Å². The molecule has 0 saturated carbocycles. The van der Waals surface area contributed by atoms with E-state index in [9.17, 15) is 14.9 Å². The van der Waals surface area contributed by atoms with Crippen LogP contribution in [0.15, 0.2) is 59.3 Å². The van der Waals surface area contributed by atoms with Gasteiger partial charge in [0.1, 0.15) is 6.33 Å². The second-order valence-corrected chi connectivity index (χ2v) is 5.65. The van der Waals surface area contributed by atoms with Gasteiger partial charge in [-0.05, 0) is 34.7 Å². The predicted molar refractivity (Wildman–Crippen MR) is 94.7 cm³/mol. The van der Waals surface area contributed by atoms with Gasteiger partial charge in [-0.2, -0.15) is 4.68 Å². The third-order valence-electron chi connectivity index (χ3n) is 3.84. The summed E-state index contributed by atoms with van der Waals surface area (Å²) in [6.45, 7) is -0.247. The lowest BCUT2D eigenvalue weighted by molar-refractivity contribution is -0.384. The Labute approximate surface area is 161 Å². The SMILES string of the molecule is O=C(OCc1nnc(-c2ccc([N+](=O)[O-])cc2)o1)c1ccccc1-n1cnnn1. The van der Waals surface area contributed by atoms with Gasteiger partial charge in [0.05, 0.1) is 16.2 Å². The maximum atomic E-state index is 12.5. The van der Waals surface area contributed by atoms with Crippen LogP contribution in [-0.4, -0.2) is 41.3 Å². The molecule has 144 valence electrons. The van der Waals surface area contributed by atoms with E-state index in [0.29, 0.717) is 11.3 Å². The number of esters is 1. The van der Waals surface area contributed by atoms with Crippen molar-refractivity contribution in [1.29, 1.82) is 0 Å². The Morgan fingerprint density at radius 3 is 2.66 bits per heavy atom. The van der Waals surface area contributed by atoms with Crippen molar-refractivity contribution in [3.63, 3.8) is 0 Å². The van der Waals surface area contributed by atoms with Crippen molar-refractivity contribution in [2.24, 2.45) is 0 Å². The van der Waals surface area contributed by atoms with Crippen molar-refractivity contribution in [2.75, 3.05) is 0 Å². The maximum absolute atomic E-state index is 12.5. The summed E-state index contributed by atoms with van der Waals surface area (Å²) in [4.78, 5) is 22.7. The highest BCUT2D eigenvalue weighted by Gasteiger charge is 2.17. The Kier molecular flexibility index (Phi) is 4.72. The van der Waals surface area contributed by atoms with Gasteiger partial charge < -0.3 is 9.15 Å². The summed E-state index contributed by atoms with van der Waals surface area (Å²) < 4.78 is 12.0. The van der Waals surface area contributed by atoms with Crippen LogP contribution in [0, 0.1) is 10.1 Å². The van der Waals surface area contributed by atoms with Gasteiger partial charge in [0.15, 0.2) is 6.61 Å². The molecule has 2 heterocycles. The van der Waals surface area contributed by atoms with Gasteiger partial charge in [0.25, 0.3) is 11.6 Å². The van der Waals surface area contributed by atoms with E-state index >= 15 is 0 Å². The molecule has 0 bridgehead atoms. The molecule has 0 aliphatic heterocycles. The number of tetrazole rings is 1. The highest BCUT2D eigenvalue weighted by Crippen LogP contribution is 2.22. The summed E-state index contributed by atoms with van der Waals surface area (Å²) in [5.41, 5.74) is 1.17. The number of nitro groups is 1. The molecule has 0 aliphatic rings. The number of benzene rings is 2. The molecule has 29 heavy (non-hydrogen) atoms. The van der Waals surface area contributed by atoms with Crippen molar-refractivity contribution < 1.29 is 18.9 Å². The smallest absolute Gasteiger partial charge is 0.340 e. The molecule has 0 atom stereocenters. The number of hydrogen-bond acceptors (Lipinski definition) is 10. The molecular weight excluding hydrogens is 382 g/mol. The van der Waals surface area contributed by atoms with Crippen molar-refractivity contribution in [1.82, 2.24) is 30.4 Å². The summed E-state index contributed by atoms with van der Waals surface area (Å²) in [5.74, 6) is -0.391. The largest absolute Gasteiger partial charge is 0.452 e. The highest BCUT2D eigenvalue weighted by atomic mass is 16.6. The number of carbonyl (C=O) groups is 1. The summed E-state index contributed by atoms with van der Waals surface area (Å²) in [7, 11) is 0. The Morgan fingerprint density at radius 2 is 1.93 bits per heavy atom. The molecule has 0 fully saturated rings. The van der Waals surface area contributed by atoms with Crippen LogP contribution in [0.3, 0.4) is 0 Å². The van der Waals surface area contributed by atoms with Gasteiger partial charge in [-0.3, -0.25) is 10.1 Å². The van der Waals surface area contributed by atoms with Gasteiger partial charge in [0.2, 0.25) is 5.89 Å². The van der Waals surface area contributed by atoms with E-state index in [1.807, 2.05) is 0 Å². The Bertz CT molecular complexity index is 1160. The summed E-state index contributed by atoms with van der Waals surface area (Å²) in [5, 5.41) is 29.3. The molecule has 0 radical (unpaired) electrons. The van der Waals surface area contributed by atoms with E-state index in [2.05, 4.69) is 25.7 Å². The summed E-state index contributed by atoms with van der Waals surface area (Å²) >= 11 is 0. The number of nitrogens with zero attached hydrogens (tertiary/aromatic N) is 7. The molecule has 2 aromatic carbocycles. The fourth-order valence-corrected chi connectivity index (χ4v) is 2.48. The second kappa shape index (κ2) is 7.64. The first-order valence-electron chi connectivity index (χ1n) is 8.18. The van der Waals surface area contributed by atoms with Crippen LogP contribution < -0.4 is 0 Å². The van der Waals surface area contributed by atoms with Gasteiger partial charge in [0, 0.05) is 17.7 Å². The standard InChI is InChI=1S/C17H11N7O5/c25-17(13-3-1-2-4-14(13)23-10-18-21-22-23)28-9-15-19-20-16(29-15)11-5-7-12(8-6-11)24(26)27/h1-8,10H,9H2. The molecule has 12 heteroatoms. The number of ether oxygens (including phenoxy) is 1. The minimum atomic E-state index is -0.619. The lowest BCUT2D eigenvalue weighted by Crippen LogP contribution is -2.10. The summed E-state index contributed by atoms with van der Waals surface area (Å²) in [6.07, 6.45) is 1.36. The number of hydrogen-bond donors (Lipinski definition) is 0. The average molecular weight is 393 g/mol. The fourth-order valence-electron chi connectivity index (χ4n) is 2.48. The van der Waals surface area contributed by atoms with Crippen LogP contribution in [0.1, 0.15) is 16.2 Å². The van der Waals surface area contributed by atoms with E-state index in [1.54, 1.807) is 24.3 Å². The predicted octanol–water partition coefficient (Wildman–Crippen LogP) is 1.98. The zero-order chi connectivity index (χ0) is 20.2. The molecule has 0 saturated heterocycles. The third-order valence-corrected chi connectivity index (χ3v) is 3.84. The molecule has 4 aromatic rings. The second-order valence-electron chi connectivity index (χ2n) is 5.65. The first-order chi connectivity index (χ1) is 14.1. The molecule has 0 N–H and O–H groups in total. The zero-order valence-electron chi connectivity index (χ0n) is 14.6. The van der Waals surface area contributed by atoms with Crippen LogP contribution in [0.5, 0.6) is 0 Å². The van der Waals surface area contributed by atoms with E-state index in [0.717, 1.165) is 0 Å². The molecule has 2 aromatic heterocycles. The number of rotatable bonds is 6. The Hall–Kier alpha value is -4.48. The van der Waals surface area contributed by atoms with E-state index in [4.69, 9.17) is 9.15 Å². The minimum Gasteiger partial charge on any atom is -0.452 e. The molecule has 0 unspecified atom stereocenters. The van der Waals surface area contributed by atoms with E-state index in [1.165, 1.54) is 35.3 Å². The van der Waals surface area contributed by atoms with Gasteiger partial charge in [-0.25, -0.2) is 4.79 Å². The zero-order valence-corrected chi connectivity index (χ0v) is 14.6. The fraction of sp³-hybridized carbons (Fsp3) is 0.0588. The minimum absolute atomic E-state index is 0.0522. The Morgan fingerprint density at radius 1 is 1.14 bits per heavy atom. The third kappa shape index (κ3) is 3.80. The van der Waals surface area contributed by atoms with Crippen molar-refractivity contribution >= 4 is 11.7 Å². The molecule has 12 nitrogen and oxygen atoms in total. The Balaban J connectivity index is 1.45. The van der Waals surface area contributed by atoms with Gasteiger partial charge in [-0.15, -0.1) is 15.3 Å². The van der Waals surface area contributed by atoms with Crippen molar-refractivity contribution in [3.05, 3.63) is 76.4 Å². The molecule has 4 rings (SSSR count). The lowest BCUT2D eigenvalue weighted by atomic mass is 10.2. The van der Waals surface area contributed by atoms with Crippen LogP contribution in [0.2, 0.25) is 0 Å². The number of non-ortho nitro benzene ring substituents is 1. The van der Waals surface area contributed by atoms with Crippen LogP contribution in [-0.2, 0) is 11.3 Å². The number of aromatic nitrogens is 6. The molecule has 0 aliphatic carbocycles. The number of carbonyl (C=O) groups excluding carboxylic acids is 1. The molecular formula is C17H11N7O5. The monoisotopic (exact) mass is 393 g/mol. The topological polar surface area (TPSA) is 152 Å².